The third-order valence-electron chi connectivity index (χ3n) is 7.33. The van der Waals surface area contributed by atoms with Crippen molar-refractivity contribution >= 4 is 10.9 Å². The zero-order chi connectivity index (χ0) is 21.3. The van der Waals surface area contributed by atoms with Gasteiger partial charge in [-0.3, -0.25) is 14.8 Å². The molecule has 6 nitrogen and oxygen atoms in total. The first-order chi connectivity index (χ1) is 15.8. The molecular formula is C26H32N4O2. The zero-order valence-corrected chi connectivity index (χ0v) is 18.7. The molecule has 6 heteroatoms. The summed E-state index contributed by atoms with van der Waals surface area (Å²) in [6.07, 6.45) is 10.0. The fourth-order valence-corrected chi connectivity index (χ4v) is 5.60. The van der Waals surface area contributed by atoms with E-state index < -0.39 is 0 Å². The number of hydrogen-bond donors (Lipinski definition) is 1. The number of pyridine rings is 1. The van der Waals surface area contributed by atoms with Gasteiger partial charge in [0.25, 0.3) is 0 Å². The molecule has 1 saturated heterocycles. The Morgan fingerprint density at radius 3 is 3.06 bits per heavy atom. The van der Waals surface area contributed by atoms with Crippen LogP contribution in [0.4, 0.5) is 0 Å². The predicted octanol–water partition coefficient (Wildman–Crippen LogP) is 3.43. The highest BCUT2D eigenvalue weighted by Crippen LogP contribution is 2.36. The summed E-state index contributed by atoms with van der Waals surface area (Å²) in [7, 11) is 0. The van der Waals surface area contributed by atoms with E-state index >= 15 is 0 Å². The summed E-state index contributed by atoms with van der Waals surface area (Å²) in [6, 6.07) is 6.58. The molecule has 1 aromatic heterocycles. The number of ether oxygens (including phenoxy) is 2. The molecule has 32 heavy (non-hydrogen) atoms. The first kappa shape index (κ1) is 20.2. The van der Waals surface area contributed by atoms with E-state index in [-0.39, 0.29) is 0 Å². The lowest BCUT2D eigenvalue weighted by molar-refractivity contribution is 0.0343. The Labute approximate surface area is 189 Å². The van der Waals surface area contributed by atoms with Crippen molar-refractivity contribution in [3.63, 3.8) is 0 Å². The second-order valence-electron chi connectivity index (χ2n) is 9.38. The largest absolute Gasteiger partial charge is 0.475 e. The minimum Gasteiger partial charge on any atom is -0.475 e. The van der Waals surface area contributed by atoms with Crippen LogP contribution in [0.15, 0.2) is 47.8 Å². The fraction of sp³-hybridized carbons (Fsp3) is 0.500. The summed E-state index contributed by atoms with van der Waals surface area (Å²) in [5, 5.41) is 4.82. The van der Waals surface area contributed by atoms with Gasteiger partial charge >= 0.3 is 0 Å². The van der Waals surface area contributed by atoms with Crippen molar-refractivity contribution in [2.45, 2.75) is 32.4 Å². The second kappa shape index (κ2) is 8.85. The Balaban J connectivity index is 1.20. The van der Waals surface area contributed by atoms with E-state index in [1.165, 1.54) is 41.5 Å². The van der Waals surface area contributed by atoms with Gasteiger partial charge in [-0.1, -0.05) is 12.1 Å². The molecule has 3 aliphatic heterocycles. The van der Waals surface area contributed by atoms with Gasteiger partial charge in [0.2, 0.25) is 0 Å². The number of rotatable bonds is 5. The number of allylic oxidation sites excluding steroid dienone is 2. The molecular weight excluding hydrogens is 400 g/mol. The monoisotopic (exact) mass is 432 g/mol. The number of aromatic nitrogens is 1. The average Bonchev–Trinajstić information content (AvgIpc) is 3.26. The van der Waals surface area contributed by atoms with Crippen LogP contribution >= 0.6 is 0 Å². The Morgan fingerprint density at radius 1 is 1.19 bits per heavy atom. The van der Waals surface area contributed by atoms with E-state index in [4.69, 9.17) is 14.5 Å². The summed E-state index contributed by atoms with van der Waals surface area (Å²) >= 11 is 0. The molecule has 4 heterocycles. The molecule has 0 bridgehead atoms. The van der Waals surface area contributed by atoms with E-state index in [0.717, 1.165) is 63.7 Å². The summed E-state index contributed by atoms with van der Waals surface area (Å²) < 4.78 is 11.8. The van der Waals surface area contributed by atoms with Crippen LogP contribution < -0.4 is 10.1 Å². The first-order valence-electron chi connectivity index (χ1n) is 12.0. The van der Waals surface area contributed by atoms with Crippen LogP contribution in [-0.2, 0) is 17.8 Å². The van der Waals surface area contributed by atoms with Crippen LogP contribution in [0, 0.1) is 5.92 Å². The van der Waals surface area contributed by atoms with Gasteiger partial charge in [0.15, 0.2) is 5.75 Å². The van der Waals surface area contributed by atoms with Gasteiger partial charge in [0.05, 0.1) is 13.2 Å². The Bertz CT molecular complexity index is 1060. The lowest BCUT2D eigenvalue weighted by Crippen LogP contribution is -2.36. The van der Waals surface area contributed by atoms with E-state index in [9.17, 15) is 0 Å². The van der Waals surface area contributed by atoms with Gasteiger partial charge in [-0.15, -0.1) is 0 Å². The van der Waals surface area contributed by atoms with Crippen molar-refractivity contribution in [2.75, 3.05) is 46.1 Å². The molecule has 1 aromatic carbocycles. The topological polar surface area (TPSA) is 49.9 Å². The third kappa shape index (κ3) is 3.91. The molecule has 0 saturated carbocycles. The lowest BCUT2D eigenvalue weighted by Gasteiger charge is -2.32. The number of nitrogens with zero attached hydrogens (tertiary/aromatic N) is 3. The third-order valence-corrected chi connectivity index (χ3v) is 7.33. The molecule has 4 aliphatic rings. The maximum Gasteiger partial charge on any atom is 0.152 e. The van der Waals surface area contributed by atoms with Gasteiger partial charge < -0.3 is 14.8 Å². The zero-order valence-electron chi connectivity index (χ0n) is 18.7. The lowest BCUT2D eigenvalue weighted by atomic mass is 9.91. The number of nitrogens with one attached hydrogen (secondary N) is 1. The summed E-state index contributed by atoms with van der Waals surface area (Å²) in [5.41, 5.74) is 6.65. The van der Waals surface area contributed by atoms with E-state index in [1.54, 1.807) is 5.57 Å². The van der Waals surface area contributed by atoms with Gasteiger partial charge in [0, 0.05) is 68.0 Å². The molecule has 1 fully saturated rings. The quantitative estimate of drug-likeness (QED) is 0.781. The molecule has 1 N–H and O–H groups in total. The van der Waals surface area contributed by atoms with Crippen LogP contribution in [0.2, 0.25) is 0 Å². The highest BCUT2D eigenvalue weighted by molar-refractivity contribution is 5.89. The van der Waals surface area contributed by atoms with Crippen LogP contribution in [0.25, 0.3) is 10.9 Å². The van der Waals surface area contributed by atoms with Gasteiger partial charge in [-0.05, 0) is 48.6 Å². The normalized spacial score (nSPS) is 23.7. The molecule has 1 unspecified atom stereocenters. The fourth-order valence-electron chi connectivity index (χ4n) is 5.60. The minimum atomic E-state index is 0.646. The molecule has 0 radical (unpaired) electrons. The van der Waals surface area contributed by atoms with Gasteiger partial charge in [-0.2, -0.15) is 0 Å². The van der Waals surface area contributed by atoms with Crippen LogP contribution in [0.3, 0.4) is 0 Å². The standard InChI is InChI=1S/C26H32N4O2/c1-2-6-24-22(4-1)19(15-28-24)7-9-30-17-21-14-20(16-29-10-12-31-13-11-29)23-5-3-8-27-25(23)26(21)32-18-30/h2-3,5-6,8,14,19,28H,1,4,7,9-13,15-18H2. The SMILES string of the molecule is C1=CC2=C(CC1)C(CCN1COc3c(cc(CN4CCOCC4)c4cccnc34)C1)CN2. The van der Waals surface area contributed by atoms with Crippen molar-refractivity contribution in [2.24, 2.45) is 5.92 Å². The molecule has 1 aliphatic carbocycles. The summed E-state index contributed by atoms with van der Waals surface area (Å²) in [5.74, 6) is 1.64. The van der Waals surface area contributed by atoms with Crippen LogP contribution in [0.1, 0.15) is 30.4 Å². The van der Waals surface area contributed by atoms with E-state index in [0.29, 0.717) is 12.6 Å². The highest BCUT2D eigenvalue weighted by atomic mass is 16.5. The number of hydrogen-bond acceptors (Lipinski definition) is 6. The minimum absolute atomic E-state index is 0.646. The Kier molecular flexibility index (Phi) is 5.59. The van der Waals surface area contributed by atoms with Crippen molar-refractivity contribution in [1.82, 2.24) is 20.1 Å². The van der Waals surface area contributed by atoms with Crippen molar-refractivity contribution in [3.8, 4) is 5.75 Å². The number of fused-ring (bicyclic) bond motifs is 3. The van der Waals surface area contributed by atoms with Crippen molar-refractivity contribution in [3.05, 3.63) is 58.9 Å². The van der Waals surface area contributed by atoms with Crippen molar-refractivity contribution in [1.29, 1.82) is 0 Å². The highest BCUT2D eigenvalue weighted by Gasteiger charge is 2.27. The maximum absolute atomic E-state index is 6.31. The molecule has 6 rings (SSSR count). The average molecular weight is 433 g/mol. The molecule has 2 aromatic rings. The number of benzene rings is 1. The maximum atomic E-state index is 6.31. The molecule has 0 amide bonds. The van der Waals surface area contributed by atoms with Crippen molar-refractivity contribution < 1.29 is 9.47 Å². The molecule has 1 atom stereocenters. The summed E-state index contributed by atoms with van der Waals surface area (Å²) in [4.78, 5) is 9.65. The predicted molar refractivity (Wildman–Crippen MR) is 125 cm³/mol. The molecule has 0 spiro atoms. The Hall–Kier alpha value is -2.41. The van der Waals surface area contributed by atoms with Crippen LogP contribution in [0.5, 0.6) is 5.75 Å². The second-order valence-corrected chi connectivity index (χ2v) is 9.38. The van der Waals surface area contributed by atoms with E-state index in [2.05, 4.69) is 39.4 Å². The number of morpholine rings is 1. The summed E-state index contributed by atoms with van der Waals surface area (Å²) in [6.45, 7) is 8.29. The van der Waals surface area contributed by atoms with E-state index in [1.807, 2.05) is 12.3 Å². The first-order valence-corrected chi connectivity index (χ1v) is 12.0. The van der Waals surface area contributed by atoms with Gasteiger partial charge in [-0.25, -0.2) is 0 Å². The molecule has 168 valence electrons. The Morgan fingerprint density at radius 2 is 2.12 bits per heavy atom. The van der Waals surface area contributed by atoms with Gasteiger partial charge in [0.1, 0.15) is 12.2 Å². The van der Waals surface area contributed by atoms with Crippen LogP contribution in [-0.4, -0.2) is 60.9 Å². The smallest absolute Gasteiger partial charge is 0.152 e.